The first-order valence-electron chi connectivity index (χ1n) is 12.3. The molecule has 0 spiro atoms. The molecule has 7 heteroatoms. The van der Waals surface area contributed by atoms with Crippen LogP contribution in [0.25, 0.3) is 33.5 Å². The molecule has 1 aromatic heterocycles. The van der Waals surface area contributed by atoms with Gasteiger partial charge < -0.3 is 15.0 Å². The molecule has 0 saturated carbocycles. The molecule has 4 aromatic rings. The zero-order chi connectivity index (χ0) is 24.9. The predicted octanol–water partition coefficient (Wildman–Crippen LogP) is 5.94. The van der Waals surface area contributed by atoms with Crippen LogP contribution in [0.2, 0.25) is 0 Å². The molecule has 1 fully saturated rings. The Kier molecular flexibility index (Phi) is 7.18. The monoisotopic (exact) mass is 496 g/mol. The van der Waals surface area contributed by atoms with Crippen LogP contribution in [-0.4, -0.2) is 45.6 Å². The molecule has 0 unspecified atom stereocenters. The van der Waals surface area contributed by atoms with E-state index in [-0.39, 0.29) is 11.9 Å². The molecule has 182 valence electrons. The van der Waals surface area contributed by atoms with Crippen molar-refractivity contribution in [2.24, 2.45) is 5.92 Å². The lowest BCUT2D eigenvalue weighted by Crippen LogP contribution is -2.42. The van der Waals surface area contributed by atoms with E-state index in [9.17, 15) is 4.79 Å². The maximum absolute atomic E-state index is 12.0. The summed E-state index contributed by atoms with van der Waals surface area (Å²) in [5.74, 6) is -0.150. The summed E-state index contributed by atoms with van der Waals surface area (Å²) in [6.45, 7) is 3.70. The number of fused-ring (bicyclic) bond motifs is 1. The molecule has 1 N–H and O–H groups in total. The van der Waals surface area contributed by atoms with Gasteiger partial charge >= 0.3 is 5.97 Å². The van der Waals surface area contributed by atoms with Crippen LogP contribution >= 0.6 is 12.2 Å². The van der Waals surface area contributed by atoms with Gasteiger partial charge in [-0.15, -0.1) is 0 Å². The average molecular weight is 497 g/mol. The highest BCUT2D eigenvalue weighted by Gasteiger charge is 2.27. The van der Waals surface area contributed by atoms with Gasteiger partial charge in [0.1, 0.15) is 0 Å². The van der Waals surface area contributed by atoms with Crippen molar-refractivity contribution < 1.29 is 9.53 Å². The summed E-state index contributed by atoms with van der Waals surface area (Å²) < 4.78 is 5.17. The number of nitrogens with zero attached hydrogens (tertiary/aromatic N) is 3. The predicted molar refractivity (Wildman–Crippen MR) is 148 cm³/mol. The van der Waals surface area contributed by atoms with Gasteiger partial charge in [0.05, 0.1) is 34.9 Å². The van der Waals surface area contributed by atoms with E-state index in [1.807, 2.05) is 61.5 Å². The van der Waals surface area contributed by atoms with E-state index in [0.29, 0.717) is 11.7 Å². The van der Waals surface area contributed by atoms with E-state index in [1.54, 1.807) is 0 Å². The van der Waals surface area contributed by atoms with E-state index in [1.165, 1.54) is 0 Å². The lowest BCUT2D eigenvalue weighted by Gasteiger charge is -2.32. The van der Waals surface area contributed by atoms with Gasteiger partial charge in [0, 0.05) is 29.9 Å². The molecule has 0 aliphatic carbocycles. The van der Waals surface area contributed by atoms with Gasteiger partial charge in [0.2, 0.25) is 0 Å². The Bertz CT molecular complexity index is 1370. The fraction of sp³-hybridized carbons (Fsp3) is 0.241. The number of hydrogen-bond acceptors (Lipinski definition) is 5. The summed E-state index contributed by atoms with van der Waals surface area (Å²) >= 11 is 5.68. The number of likely N-dealkylation sites (tertiary alicyclic amines) is 1. The van der Waals surface area contributed by atoms with Gasteiger partial charge in [-0.05, 0) is 50.2 Å². The maximum atomic E-state index is 12.0. The number of aromatic nitrogens is 2. The van der Waals surface area contributed by atoms with E-state index >= 15 is 0 Å². The summed E-state index contributed by atoms with van der Waals surface area (Å²) in [6, 6.07) is 26.2. The summed E-state index contributed by atoms with van der Waals surface area (Å²) in [5, 5.41) is 4.00. The molecular weight excluding hydrogens is 468 g/mol. The van der Waals surface area contributed by atoms with Gasteiger partial charge in [0.25, 0.3) is 0 Å². The van der Waals surface area contributed by atoms with Crippen molar-refractivity contribution in [2.75, 3.05) is 25.0 Å². The second kappa shape index (κ2) is 10.8. The molecule has 2 heterocycles. The van der Waals surface area contributed by atoms with Crippen LogP contribution in [0.4, 0.5) is 5.69 Å². The molecule has 5 rings (SSSR count). The Balaban J connectivity index is 1.39. The highest BCUT2D eigenvalue weighted by Crippen LogP contribution is 2.31. The second-order valence-corrected chi connectivity index (χ2v) is 9.19. The smallest absolute Gasteiger partial charge is 0.309 e. The Morgan fingerprint density at radius 2 is 1.50 bits per heavy atom. The van der Waals surface area contributed by atoms with E-state index in [0.717, 1.165) is 65.2 Å². The number of carbonyl (C=O) groups excluding carboxylic acids is 1. The Morgan fingerprint density at radius 3 is 2.08 bits per heavy atom. The minimum absolute atomic E-state index is 0.0461. The van der Waals surface area contributed by atoms with Crippen molar-refractivity contribution in [3.63, 3.8) is 0 Å². The number of esters is 1. The molecule has 6 nitrogen and oxygen atoms in total. The third kappa shape index (κ3) is 5.21. The number of hydrogen-bond donors (Lipinski definition) is 1. The fourth-order valence-electron chi connectivity index (χ4n) is 4.51. The van der Waals surface area contributed by atoms with Crippen LogP contribution in [0.3, 0.4) is 0 Å². The minimum Gasteiger partial charge on any atom is -0.466 e. The summed E-state index contributed by atoms with van der Waals surface area (Å²) in [6.07, 6.45) is 1.49. The number of carbonyl (C=O) groups is 1. The molecular formula is C29H28N4O2S. The van der Waals surface area contributed by atoms with E-state index in [4.69, 9.17) is 26.9 Å². The first-order valence-corrected chi connectivity index (χ1v) is 12.7. The summed E-state index contributed by atoms with van der Waals surface area (Å²) in [5.41, 5.74) is 6.22. The van der Waals surface area contributed by atoms with E-state index in [2.05, 4.69) is 34.5 Å². The van der Waals surface area contributed by atoms with E-state index < -0.39 is 0 Å². The lowest BCUT2D eigenvalue weighted by atomic mass is 9.97. The molecule has 1 aliphatic heterocycles. The molecule has 1 saturated heterocycles. The van der Waals surface area contributed by atoms with Gasteiger partial charge in [-0.3, -0.25) is 4.79 Å². The van der Waals surface area contributed by atoms with Crippen LogP contribution in [0.1, 0.15) is 19.8 Å². The molecule has 0 amide bonds. The highest BCUT2D eigenvalue weighted by atomic mass is 32.1. The van der Waals surface area contributed by atoms with Crippen molar-refractivity contribution in [3.8, 4) is 22.5 Å². The molecule has 0 bridgehead atoms. The number of anilines is 1. The number of nitrogens with one attached hydrogen (secondary N) is 1. The van der Waals surface area contributed by atoms with Crippen LogP contribution in [-0.2, 0) is 9.53 Å². The zero-order valence-electron chi connectivity index (χ0n) is 20.2. The number of rotatable bonds is 5. The standard InChI is InChI=1S/C29H28N4O2S/c1-2-35-28(34)22-15-17-33(18-16-22)29(36)30-23-13-14-24-25(19-23)32-27(21-11-7-4-8-12-21)26(31-24)20-9-5-3-6-10-20/h3-14,19,22H,2,15-18H2,1H3,(H,30,36). The molecule has 36 heavy (non-hydrogen) atoms. The van der Waals surface area contributed by atoms with Crippen molar-refractivity contribution >= 4 is 40.0 Å². The summed E-state index contributed by atoms with van der Waals surface area (Å²) in [7, 11) is 0. The molecule has 1 aliphatic rings. The quantitative estimate of drug-likeness (QED) is 0.271. The molecule has 0 atom stereocenters. The number of piperidine rings is 1. The normalized spacial score (nSPS) is 14.0. The molecule has 0 radical (unpaired) electrons. The number of thiocarbonyl (C=S) groups is 1. The topological polar surface area (TPSA) is 67.3 Å². The Morgan fingerprint density at radius 1 is 0.917 bits per heavy atom. The largest absolute Gasteiger partial charge is 0.466 e. The maximum Gasteiger partial charge on any atom is 0.309 e. The van der Waals surface area contributed by atoms with Crippen LogP contribution in [0.15, 0.2) is 78.9 Å². The third-order valence-electron chi connectivity index (χ3n) is 6.41. The SMILES string of the molecule is CCOC(=O)C1CCN(C(=S)Nc2ccc3nc(-c4ccccc4)c(-c4ccccc4)nc3c2)CC1. The number of benzene rings is 3. The fourth-order valence-corrected chi connectivity index (χ4v) is 4.81. The van der Waals surface area contributed by atoms with Gasteiger partial charge in [-0.25, -0.2) is 9.97 Å². The first kappa shape index (κ1) is 23.9. The highest BCUT2D eigenvalue weighted by molar-refractivity contribution is 7.80. The van der Waals surface area contributed by atoms with Crippen LogP contribution in [0, 0.1) is 5.92 Å². The van der Waals surface area contributed by atoms with Crippen LogP contribution < -0.4 is 5.32 Å². The lowest BCUT2D eigenvalue weighted by molar-refractivity contribution is -0.149. The third-order valence-corrected chi connectivity index (χ3v) is 6.77. The van der Waals surface area contributed by atoms with Gasteiger partial charge in [0.15, 0.2) is 5.11 Å². The van der Waals surface area contributed by atoms with Gasteiger partial charge in [-0.2, -0.15) is 0 Å². The average Bonchev–Trinajstić information content (AvgIpc) is 2.93. The Hall–Kier alpha value is -3.84. The van der Waals surface area contributed by atoms with Crippen molar-refractivity contribution in [1.82, 2.24) is 14.9 Å². The number of ether oxygens (including phenoxy) is 1. The van der Waals surface area contributed by atoms with Gasteiger partial charge in [-0.1, -0.05) is 60.7 Å². The van der Waals surface area contributed by atoms with Crippen molar-refractivity contribution in [2.45, 2.75) is 19.8 Å². The minimum atomic E-state index is -0.103. The zero-order valence-corrected chi connectivity index (χ0v) is 21.0. The molecule has 3 aromatic carbocycles. The first-order chi connectivity index (χ1) is 17.6. The summed E-state index contributed by atoms with van der Waals surface area (Å²) in [4.78, 5) is 24.2. The van der Waals surface area contributed by atoms with Crippen LogP contribution in [0.5, 0.6) is 0 Å². The van der Waals surface area contributed by atoms with Crippen molar-refractivity contribution in [3.05, 3.63) is 78.9 Å². The second-order valence-electron chi connectivity index (χ2n) is 8.80. The Labute approximate surface area is 216 Å². The van der Waals surface area contributed by atoms with Crippen molar-refractivity contribution in [1.29, 1.82) is 0 Å².